The van der Waals surface area contributed by atoms with E-state index in [9.17, 15) is 9.59 Å². The number of carbonyl (C=O) groups excluding carboxylic acids is 2. The van der Waals surface area contributed by atoms with Crippen LogP contribution >= 0.6 is 0 Å². The molecule has 76 valence electrons. The lowest BCUT2D eigenvalue weighted by molar-refractivity contribution is -0.116. The highest BCUT2D eigenvalue weighted by atomic mass is 16.2. The van der Waals surface area contributed by atoms with Gasteiger partial charge in [0, 0.05) is 11.1 Å². The van der Waals surface area contributed by atoms with Crippen molar-refractivity contribution in [2.75, 3.05) is 0 Å². The van der Waals surface area contributed by atoms with Gasteiger partial charge in [-0.05, 0) is 13.8 Å². The molecule has 0 spiro atoms. The molecule has 0 saturated carbocycles. The number of carbonyl (C=O) groups is 2. The molecule has 0 fully saturated rings. The summed E-state index contributed by atoms with van der Waals surface area (Å²) in [6.07, 6.45) is 0. The first kappa shape index (κ1) is 12.1. The Kier molecular flexibility index (Phi) is 4.28. The zero-order chi connectivity index (χ0) is 11.3. The first-order valence-electron chi connectivity index (χ1n) is 3.87. The molecular formula is C9H13N3O2. The zero-order valence-electron chi connectivity index (χ0n) is 8.23. The summed E-state index contributed by atoms with van der Waals surface area (Å²) in [5.74, 6) is -1.39. The fraction of sp³-hybridized carbons (Fsp3) is 0.222. The van der Waals surface area contributed by atoms with Crippen molar-refractivity contribution in [1.29, 1.82) is 5.41 Å². The van der Waals surface area contributed by atoms with Gasteiger partial charge in [0.2, 0.25) is 5.96 Å². The fourth-order valence-electron chi connectivity index (χ4n) is 0.472. The largest absolute Gasteiger partial charge is 0.293 e. The topological polar surface area (TPSA) is 82.1 Å². The average Bonchev–Trinajstić information content (AvgIpc) is 2.03. The number of amides is 2. The lowest BCUT2D eigenvalue weighted by Gasteiger charge is -2.07. The number of hydrogen-bond donors (Lipinski definition) is 3. The normalized spacial score (nSPS) is 8.71. The number of rotatable bonds is 2. The van der Waals surface area contributed by atoms with E-state index in [1.807, 2.05) is 0 Å². The molecular weight excluding hydrogens is 182 g/mol. The van der Waals surface area contributed by atoms with Crippen LogP contribution in [0.1, 0.15) is 13.8 Å². The van der Waals surface area contributed by atoms with Crippen LogP contribution in [0.3, 0.4) is 0 Å². The van der Waals surface area contributed by atoms with Crippen LogP contribution in [0.5, 0.6) is 0 Å². The zero-order valence-corrected chi connectivity index (χ0v) is 8.23. The summed E-state index contributed by atoms with van der Waals surface area (Å²) in [7, 11) is 0. The molecule has 2 amide bonds. The molecule has 0 radical (unpaired) electrons. The van der Waals surface area contributed by atoms with Gasteiger partial charge < -0.3 is 0 Å². The minimum absolute atomic E-state index is 0.263. The van der Waals surface area contributed by atoms with E-state index in [0.717, 1.165) is 0 Å². The Hall–Kier alpha value is -1.91. The van der Waals surface area contributed by atoms with Crippen LogP contribution in [-0.4, -0.2) is 17.8 Å². The Morgan fingerprint density at radius 1 is 1.00 bits per heavy atom. The standard InChI is InChI=1S/C9H13N3O2/c1-5(2)7(13)11-9(10)12-8(14)6(3)4/h1,3H2,2,4H3,(H3,10,11,12,13,14). The summed E-state index contributed by atoms with van der Waals surface area (Å²) < 4.78 is 0. The molecule has 5 heteroatoms. The number of guanidine groups is 1. The predicted molar refractivity (Wildman–Crippen MR) is 53.6 cm³/mol. The van der Waals surface area contributed by atoms with Crippen LogP contribution in [-0.2, 0) is 9.59 Å². The van der Waals surface area contributed by atoms with Gasteiger partial charge in [0.15, 0.2) is 0 Å². The summed E-state index contributed by atoms with van der Waals surface area (Å²) in [5.41, 5.74) is 0.527. The third kappa shape index (κ3) is 4.20. The van der Waals surface area contributed by atoms with Gasteiger partial charge in [-0.25, -0.2) is 0 Å². The molecule has 0 aliphatic rings. The Bertz CT molecular complexity index is 288. The Morgan fingerprint density at radius 3 is 1.50 bits per heavy atom. The summed E-state index contributed by atoms with van der Waals surface area (Å²) in [4.78, 5) is 22.0. The average molecular weight is 195 g/mol. The molecule has 0 heterocycles. The molecule has 0 aromatic carbocycles. The monoisotopic (exact) mass is 195 g/mol. The van der Waals surface area contributed by atoms with Crippen LogP contribution in [0, 0.1) is 5.41 Å². The van der Waals surface area contributed by atoms with E-state index in [2.05, 4.69) is 23.8 Å². The highest BCUT2D eigenvalue weighted by Gasteiger charge is 2.08. The van der Waals surface area contributed by atoms with E-state index in [1.54, 1.807) is 0 Å². The van der Waals surface area contributed by atoms with Crippen LogP contribution < -0.4 is 10.6 Å². The van der Waals surface area contributed by atoms with Crippen molar-refractivity contribution in [1.82, 2.24) is 10.6 Å². The van der Waals surface area contributed by atoms with Gasteiger partial charge in [-0.2, -0.15) is 0 Å². The van der Waals surface area contributed by atoms with Crippen LogP contribution in [0.4, 0.5) is 0 Å². The molecule has 0 aliphatic carbocycles. The van der Waals surface area contributed by atoms with Gasteiger partial charge in [0.1, 0.15) is 0 Å². The quantitative estimate of drug-likeness (QED) is 0.336. The van der Waals surface area contributed by atoms with Crippen molar-refractivity contribution in [3.05, 3.63) is 24.3 Å². The second kappa shape index (κ2) is 4.96. The van der Waals surface area contributed by atoms with E-state index in [0.29, 0.717) is 0 Å². The number of nitrogens with one attached hydrogen (secondary N) is 3. The number of hydrogen-bond acceptors (Lipinski definition) is 3. The summed E-state index contributed by atoms with van der Waals surface area (Å²) in [6.45, 7) is 9.77. The van der Waals surface area contributed by atoms with E-state index in [4.69, 9.17) is 5.41 Å². The van der Waals surface area contributed by atoms with E-state index < -0.39 is 11.8 Å². The molecule has 0 unspecified atom stereocenters. The second-order valence-electron chi connectivity index (χ2n) is 2.84. The van der Waals surface area contributed by atoms with Crippen LogP contribution in [0.25, 0.3) is 0 Å². The highest BCUT2D eigenvalue weighted by molar-refractivity contribution is 6.10. The molecule has 0 aromatic rings. The Labute approximate surface area is 82.4 Å². The van der Waals surface area contributed by atoms with E-state index in [1.165, 1.54) is 13.8 Å². The lowest BCUT2D eigenvalue weighted by Crippen LogP contribution is -2.43. The molecule has 3 N–H and O–H groups in total. The van der Waals surface area contributed by atoms with Crippen LogP contribution in [0.15, 0.2) is 24.3 Å². The first-order chi connectivity index (χ1) is 6.34. The van der Waals surface area contributed by atoms with Gasteiger partial charge >= 0.3 is 0 Å². The van der Waals surface area contributed by atoms with Gasteiger partial charge in [-0.1, -0.05) is 13.2 Å². The first-order valence-corrected chi connectivity index (χ1v) is 3.87. The highest BCUT2D eigenvalue weighted by Crippen LogP contribution is 1.87. The summed E-state index contributed by atoms with van der Waals surface area (Å²) in [6, 6.07) is 0. The maximum absolute atomic E-state index is 11.0. The fourth-order valence-corrected chi connectivity index (χ4v) is 0.472. The van der Waals surface area contributed by atoms with Crippen molar-refractivity contribution in [3.63, 3.8) is 0 Å². The minimum atomic E-state index is -0.503. The van der Waals surface area contributed by atoms with Crippen molar-refractivity contribution in [2.45, 2.75) is 13.8 Å². The van der Waals surface area contributed by atoms with E-state index in [-0.39, 0.29) is 17.1 Å². The van der Waals surface area contributed by atoms with Crippen LogP contribution in [0.2, 0.25) is 0 Å². The third-order valence-electron chi connectivity index (χ3n) is 1.25. The second-order valence-corrected chi connectivity index (χ2v) is 2.84. The molecule has 0 aliphatic heterocycles. The molecule has 0 rings (SSSR count). The van der Waals surface area contributed by atoms with Crippen molar-refractivity contribution in [2.24, 2.45) is 0 Å². The van der Waals surface area contributed by atoms with Gasteiger partial charge in [-0.3, -0.25) is 25.6 Å². The molecule has 0 saturated heterocycles. The maximum atomic E-state index is 11.0. The predicted octanol–water partition coefficient (Wildman–Crippen LogP) is 0.306. The Morgan fingerprint density at radius 2 is 1.29 bits per heavy atom. The molecule has 0 atom stereocenters. The molecule has 0 bridgehead atoms. The summed E-state index contributed by atoms with van der Waals surface area (Å²) >= 11 is 0. The van der Waals surface area contributed by atoms with Crippen molar-refractivity contribution in [3.8, 4) is 0 Å². The smallest absolute Gasteiger partial charge is 0.252 e. The molecule has 5 nitrogen and oxygen atoms in total. The minimum Gasteiger partial charge on any atom is -0.293 e. The van der Waals surface area contributed by atoms with Gasteiger partial charge in [0.25, 0.3) is 11.8 Å². The molecule has 14 heavy (non-hydrogen) atoms. The maximum Gasteiger partial charge on any atom is 0.252 e. The van der Waals surface area contributed by atoms with E-state index >= 15 is 0 Å². The van der Waals surface area contributed by atoms with Gasteiger partial charge in [-0.15, -0.1) is 0 Å². The lowest BCUT2D eigenvalue weighted by atomic mass is 10.3. The van der Waals surface area contributed by atoms with Crippen molar-refractivity contribution < 1.29 is 9.59 Å². The van der Waals surface area contributed by atoms with Gasteiger partial charge in [0.05, 0.1) is 0 Å². The van der Waals surface area contributed by atoms with Crippen molar-refractivity contribution >= 4 is 17.8 Å². The Balaban J connectivity index is 4.12. The SMILES string of the molecule is C=C(C)C(=O)NC(=N)NC(=O)C(=C)C. The summed E-state index contributed by atoms with van der Waals surface area (Å²) in [5, 5.41) is 11.5. The third-order valence-corrected chi connectivity index (χ3v) is 1.25. The molecule has 0 aromatic heterocycles.